The van der Waals surface area contributed by atoms with Crippen molar-refractivity contribution in [2.24, 2.45) is 5.92 Å². The van der Waals surface area contributed by atoms with Gasteiger partial charge in [0.15, 0.2) is 0 Å². The highest BCUT2D eigenvalue weighted by molar-refractivity contribution is 5.78. The topological polar surface area (TPSA) is 61.8 Å². The first-order valence-electron chi connectivity index (χ1n) is 8.98. The number of piperidine rings is 1. The van der Waals surface area contributed by atoms with Crippen molar-refractivity contribution in [3.63, 3.8) is 0 Å². The summed E-state index contributed by atoms with van der Waals surface area (Å²) in [7, 11) is 0. The van der Waals surface area contributed by atoms with Gasteiger partial charge >= 0.3 is 0 Å². The van der Waals surface area contributed by atoms with Crippen molar-refractivity contribution in [1.82, 2.24) is 10.2 Å². The number of hydrogen-bond acceptors (Lipinski definition) is 4. The molecule has 1 aliphatic rings. The number of likely N-dealkylation sites (tertiary alicyclic amines) is 1. The van der Waals surface area contributed by atoms with Gasteiger partial charge in [-0.1, -0.05) is 12.1 Å². The summed E-state index contributed by atoms with van der Waals surface area (Å²) < 4.78 is 18.3. The molecule has 0 aromatic heterocycles. The van der Waals surface area contributed by atoms with E-state index < -0.39 is 6.10 Å². The molecule has 1 aliphatic heterocycles. The van der Waals surface area contributed by atoms with Crippen molar-refractivity contribution in [3.8, 4) is 0 Å². The monoisotopic (exact) mass is 352 g/mol. The van der Waals surface area contributed by atoms with E-state index in [4.69, 9.17) is 4.74 Å². The van der Waals surface area contributed by atoms with Gasteiger partial charge in [-0.2, -0.15) is 0 Å². The number of carbonyl (C=O) groups is 1. The minimum Gasteiger partial charge on any atom is -0.389 e. The number of aliphatic hydroxyl groups is 1. The highest BCUT2D eigenvalue weighted by Crippen LogP contribution is 2.18. The van der Waals surface area contributed by atoms with E-state index in [1.165, 1.54) is 12.1 Å². The first-order valence-corrected chi connectivity index (χ1v) is 8.98. The van der Waals surface area contributed by atoms with E-state index in [0.717, 1.165) is 31.5 Å². The molecule has 1 aromatic carbocycles. The lowest BCUT2D eigenvalue weighted by Crippen LogP contribution is -2.43. The van der Waals surface area contributed by atoms with Crippen LogP contribution in [0.3, 0.4) is 0 Å². The van der Waals surface area contributed by atoms with Crippen molar-refractivity contribution < 1.29 is 19.0 Å². The summed E-state index contributed by atoms with van der Waals surface area (Å²) in [5, 5.41) is 12.9. The zero-order valence-corrected chi connectivity index (χ0v) is 15.1. The van der Waals surface area contributed by atoms with Crippen molar-refractivity contribution >= 4 is 5.91 Å². The molecular weight excluding hydrogens is 323 g/mol. The van der Waals surface area contributed by atoms with E-state index in [-0.39, 0.29) is 23.7 Å². The maximum Gasteiger partial charge on any atom is 0.223 e. The molecule has 1 saturated heterocycles. The molecule has 140 valence electrons. The molecule has 5 nitrogen and oxygen atoms in total. The van der Waals surface area contributed by atoms with E-state index >= 15 is 0 Å². The van der Waals surface area contributed by atoms with Crippen LogP contribution in [-0.2, 0) is 16.1 Å². The molecule has 2 N–H and O–H groups in total. The average molecular weight is 352 g/mol. The van der Waals surface area contributed by atoms with Crippen molar-refractivity contribution in [3.05, 3.63) is 35.6 Å². The van der Waals surface area contributed by atoms with E-state index in [1.54, 1.807) is 12.1 Å². The predicted octanol–water partition coefficient (Wildman–Crippen LogP) is 1.94. The van der Waals surface area contributed by atoms with Crippen LogP contribution in [0.25, 0.3) is 0 Å². The fourth-order valence-corrected chi connectivity index (χ4v) is 2.97. The highest BCUT2D eigenvalue weighted by atomic mass is 19.1. The number of nitrogens with zero attached hydrogens (tertiary/aromatic N) is 1. The number of hydrogen-bond donors (Lipinski definition) is 2. The van der Waals surface area contributed by atoms with Gasteiger partial charge in [-0.05, 0) is 57.5 Å². The van der Waals surface area contributed by atoms with Crippen molar-refractivity contribution in [2.45, 2.75) is 45.4 Å². The Labute approximate surface area is 149 Å². The summed E-state index contributed by atoms with van der Waals surface area (Å²) in [6.07, 6.45) is 1.19. The van der Waals surface area contributed by atoms with Crippen LogP contribution in [0.1, 0.15) is 32.3 Å². The SMILES string of the molecule is CC(C)OC[C@@H](O)CN1CCC(C(=O)NCc2ccc(F)cc2)CC1. The van der Waals surface area contributed by atoms with Crippen molar-refractivity contribution in [2.75, 3.05) is 26.2 Å². The normalized spacial score (nSPS) is 17.6. The van der Waals surface area contributed by atoms with Crippen LogP contribution in [-0.4, -0.2) is 54.4 Å². The molecule has 0 radical (unpaired) electrons. The number of ether oxygens (including phenoxy) is 1. The van der Waals surface area contributed by atoms with E-state index in [9.17, 15) is 14.3 Å². The molecule has 1 atom stereocenters. The second kappa shape index (κ2) is 9.85. The molecule has 6 heteroatoms. The first kappa shape index (κ1) is 19.8. The van der Waals surface area contributed by atoms with Gasteiger partial charge in [0.1, 0.15) is 5.82 Å². The van der Waals surface area contributed by atoms with Gasteiger partial charge in [-0.15, -0.1) is 0 Å². The van der Waals surface area contributed by atoms with E-state index in [2.05, 4.69) is 10.2 Å². The fourth-order valence-electron chi connectivity index (χ4n) is 2.97. The van der Waals surface area contributed by atoms with Crippen LogP contribution >= 0.6 is 0 Å². The lowest BCUT2D eigenvalue weighted by atomic mass is 9.95. The predicted molar refractivity (Wildman–Crippen MR) is 94.5 cm³/mol. The first-order chi connectivity index (χ1) is 11.9. The van der Waals surface area contributed by atoms with E-state index in [1.807, 2.05) is 13.8 Å². The van der Waals surface area contributed by atoms with Crippen LogP contribution in [0.15, 0.2) is 24.3 Å². The molecule has 0 bridgehead atoms. The van der Waals surface area contributed by atoms with Gasteiger partial charge in [0.25, 0.3) is 0 Å². The summed E-state index contributed by atoms with van der Waals surface area (Å²) in [5.41, 5.74) is 0.889. The van der Waals surface area contributed by atoms with Gasteiger partial charge in [-0.3, -0.25) is 4.79 Å². The van der Waals surface area contributed by atoms with Crippen molar-refractivity contribution in [1.29, 1.82) is 0 Å². The molecule has 2 rings (SSSR count). The minimum absolute atomic E-state index is 0.000699. The van der Waals surface area contributed by atoms with Gasteiger partial charge in [0.05, 0.1) is 18.8 Å². The third kappa shape index (κ3) is 7.10. The molecule has 1 fully saturated rings. The number of benzene rings is 1. The lowest BCUT2D eigenvalue weighted by Gasteiger charge is -2.32. The highest BCUT2D eigenvalue weighted by Gasteiger charge is 2.25. The van der Waals surface area contributed by atoms with Gasteiger partial charge < -0.3 is 20.1 Å². The Bertz CT molecular complexity index is 528. The van der Waals surface area contributed by atoms with Gasteiger partial charge in [0.2, 0.25) is 5.91 Å². The summed E-state index contributed by atoms with van der Waals surface area (Å²) in [6, 6.07) is 6.15. The molecule has 1 amide bonds. The van der Waals surface area contributed by atoms with Crippen LogP contribution in [0.2, 0.25) is 0 Å². The molecule has 1 aromatic rings. The maximum atomic E-state index is 12.9. The summed E-state index contributed by atoms with van der Waals surface area (Å²) in [6.45, 7) is 6.84. The molecular formula is C19H29FN2O3. The average Bonchev–Trinajstić information content (AvgIpc) is 2.60. The molecule has 0 saturated carbocycles. The van der Waals surface area contributed by atoms with E-state index in [0.29, 0.717) is 19.7 Å². The number of amides is 1. The van der Waals surface area contributed by atoms with Crippen LogP contribution < -0.4 is 5.32 Å². The Kier molecular flexibility index (Phi) is 7.81. The standard InChI is InChI=1S/C19H29FN2O3/c1-14(2)25-13-18(23)12-22-9-7-16(8-10-22)19(24)21-11-15-3-5-17(20)6-4-15/h3-6,14,16,18,23H,7-13H2,1-2H3,(H,21,24)/t18-/m0/s1. The Hall–Kier alpha value is -1.50. The smallest absolute Gasteiger partial charge is 0.223 e. The third-order valence-electron chi connectivity index (χ3n) is 4.43. The maximum absolute atomic E-state index is 12.9. The Balaban J connectivity index is 1.66. The minimum atomic E-state index is -0.494. The zero-order valence-electron chi connectivity index (χ0n) is 15.1. The summed E-state index contributed by atoms with van der Waals surface area (Å²) in [4.78, 5) is 14.5. The van der Waals surface area contributed by atoms with Crippen LogP contribution in [0, 0.1) is 11.7 Å². The number of rotatable bonds is 8. The Morgan fingerprint density at radius 1 is 1.32 bits per heavy atom. The second-order valence-electron chi connectivity index (χ2n) is 6.96. The van der Waals surface area contributed by atoms with Gasteiger partial charge in [0, 0.05) is 19.0 Å². The molecule has 0 aliphatic carbocycles. The molecule has 0 spiro atoms. The fraction of sp³-hybridized carbons (Fsp3) is 0.632. The molecule has 25 heavy (non-hydrogen) atoms. The van der Waals surface area contributed by atoms with Crippen LogP contribution in [0.5, 0.6) is 0 Å². The number of halogens is 1. The molecule has 1 heterocycles. The summed E-state index contributed by atoms with van der Waals surface area (Å²) in [5.74, 6) is -0.225. The number of aliphatic hydroxyl groups excluding tert-OH is 1. The largest absolute Gasteiger partial charge is 0.389 e. The summed E-state index contributed by atoms with van der Waals surface area (Å²) >= 11 is 0. The number of nitrogens with one attached hydrogen (secondary N) is 1. The Morgan fingerprint density at radius 3 is 2.56 bits per heavy atom. The Morgan fingerprint density at radius 2 is 1.96 bits per heavy atom. The molecule has 0 unspecified atom stereocenters. The quantitative estimate of drug-likeness (QED) is 0.751. The number of carbonyl (C=O) groups excluding carboxylic acids is 1. The third-order valence-corrected chi connectivity index (χ3v) is 4.43. The lowest BCUT2D eigenvalue weighted by molar-refractivity contribution is -0.126. The van der Waals surface area contributed by atoms with Crippen LogP contribution in [0.4, 0.5) is 4.39 Å². The van der Waals surface area contributed by atoms with Gasteiger partial charge in [-0.25, -0.2) is 4.39 Å². The zero-order chi connectivity index (χ0) is 18.2. The number of β-amino-alcohol motifs (C(OH)–C–C–N with tert-alkyl or cyclic N) is 1. The second-order valence-corrected chi connectivity index (χ2v) is 6.96.